The van der Waals surface area contributed by atoms with E-state index in [1.54, 1.807) is 18.3 Å². The van der Waals surface area contributed by atoms with Crippen molar-refractivity contribution in [1.82, 2.24) is 9.78 Å². The van der Waals surface area contributed by atoms with Crippen LogP contribution in [0.5, 0.6) is 0 Å². The largest absolute Gasteiger partial charge is 0.478 e. The van der Waals surface area contributed by atoms with Crippen molar-refractivity contribution in [3.8, 4) is 0 Å². The molecule has 0 spiro atoms. The zero-order chi connectivity index (χ0) is 23.1. The molecule has 0 saturated heterocycles. The van der Waals surface area contributed by atoms with Gasteiger partial charge in [0, 0.05) is 17.8 Å². The second-order valence-electron chi connectivity index (χ2n) is 9.89. The molecule has 0 bridgehead atoms. The summed E-state index contributed by atoms with van der Waals surface area (Å²) in [6.45, 7) is 9.24. The Morgan fingerprint density at radius 1 is 1.12 bits per heavy atom. The summed E-state index contributed by atoms with van der Waals surface area (Å²) in [6, 6.07) is 13.3. The Bertz CT molecular complexity index is 1160. The quantitative estimate of drug-likeness (QED) is 0.551. The number of aliphatic hydroxyl groups excluding tert-OH is 1. The van der Waals surface area contributed by atoms with E-state index in [1.807, 2.05) is 35.2 Å². The van der Waals surface area contributed by atoms with E-state index in [0.29, 0.717) is 13.0 Å². The number of nitrogens with zero attached hydrogens (tertiary/aromatic N) is 2. The Labute approximate surface area is 189 Å². The molecule has 166 valence electrons. The molecule has 0 aliphatic heterocycles. The van der Waals surface area contributed by atoms with Crippen LogP contribution in [0.1, 0.15) is 72.3 Å². The highest BCUT2D eigenvalue weighted by atomic mass is 16.4. The monoisotopic (exact) mass is 430 g/mol. The topological polar surface area (TPSA) is 75.3 Å². The van der Waals surface area contributed by atoms with Crippen LogP contribution >= 0.6 is 0 Å². The molecule has 3 aromatic rings. The van der Waals surface area contributed by atoms with Crippen LogP contribution in [-0.4, -0.2) is 32.1 Å². The highest BCUT2D eigenvalue weighted by Crippen LogP contribution is 2.47. The molecule has 2 aromatic carbocycles. The van der Waals surface area contributed by atoms with E-state index >= 15 is 0 Å². The fourth-order valence-corrected chi connectivity index (χ4v) is 4.57. The highest BCUT2D eigenvalue weighted by molar-refractivity contribution is 5.88. The predicted octanol–water partition coefficient (Wildman–Crippen LogP) is 5.12. The van der Waals surface area contributed by atoms with E-state index in [-0.39, 0.29) is 16.4 Å². The zero-order valence-corrected chi connectivity index (χ0v) is 19.0. The maximum absolute atomic E-state index is 11.1. The molecule has 1 unspecified atom stereocenters. The van der Waals surface area contributed by atoms with Crippen molar-refractivity contribution in [1.29, 1.82) is 0 Å². The Balaban J connectivity index is 1.80. The molecule has 0 saturated carbocycles. The number of aromatic nitrogens is 2. The molecule has 5 heteroatoms. The number of fused-ring (bicyclic) bond motifs is 1. The molecule has 0 fully saturated rings. The van der Waals surface area contributed by atoms with E-state index in [4.69, 9.17) is 5.11 Å². The van der Waals surface area contributed by atoms with Gasteiger partial charge in [-0.2, -0.15) is 5.10 Å². The summed E-state index contributed by atoms with van der Waals surface area (Å²) < 4.78 is 1.90. The van der Waals surface area contributed by atoms with E-state index in [0.717, 1.165) is 16.7 Å². The van der Waals surface area contributed by atoms with Crippen LogP contribution in [0.3, 0.4) is 0 Å². The van der Waals surface area contributed by atoms with E-state index < -0.39 is 12.1 Å². The third-order valence-electron chi connectivity index (χ3n) is 6.74. The molecular weight excluding hydrogens is 400 g/mol. The van der Waals surface area contributed by atoms with Crippen LogP contribution in [0.15, 0.2) is 54.9 Å². The van der Waals surface area contributed by atoms with Crippen LogP contribution in [0.4, 0.5) is 0 Å². The van der Waals surface area contributed by atoms with Gasteiger partial charge < -0.3 is 10.2 Å². The van der Waals surface area contributed by atoms with Crippen LogP contribution in [0.25, 0.3) is 12.2 Å². The second kappa shape index (κ2) is 8.06. The summed E-state index contributed by atoms with van der Waals surface area (Å²) in [5.41, 5.74) is 5.42. The number of carboxylic acids is 1. The van der Waals surface area contributed by atoms with Crippen molar-refractivity contribution in [3.63, 3.8) is 0 Å². The Kier molecular flexibility index (Phi) is 5.55. The first kappa shape index (κ1) is 22.0. The summed E-state index contributed by atoms with van der Waals surface area (Å²) in [5.74, 6) is -0.927. The smallest absolute Gasteiger partial charge is 0.335 e. The molecule has 4 rings (SSSR count). The first-order chi connectivity index (χ1) is 15.1. The van der Waals surface area contributed by atoms with Gasteiger partial charge in [-0.25, -0.2) is 4.79 Å². The molecule has 1 aliphatic rings. The summed E-state index contributed by atoms with van der Waals surface area (Å²) in [4.78, 5) is 11.1. The van der Waals surface area contributed by atoms with E-state index in [9.17, 15) is 9.90 Å². The lowest BCUT2D eigenvalue weighted by atomic mass is 9.61. The van der Waals surface area contributed by atoms with Gasteiger partial charge in [0.25, 0.3) is 0 Å². The second-order valence-corrected chi connectivity index (χ2v) is 9.89. The van der Waals surface area contributed by atoms with Gasteiger partial charge in [0.1, 0.15) is 0 Å². The molecule has 1 aromatic heterocycles. The Hall–Kier alpha value is -3.18. The number of aromatic carboxylic acids is 1. The van der Waals surface area contributed by atoms with Gasteiger partial charge in [-0.15, -0.1) is 0 Å². The lowest BCUT2D eigenvalue weighted by Crippen LogP contribution is -2.45. The normalized spacial score (nSPS) is 19.1. The molecule has 1 aliphatic carbocycles. The minimum atomic E-state index is -0.927. The maximum atomic E-state index is 11.1. The first-order valence-electron chi connectivity index (χ1n) is 10.9. The summed E-state index contributed by atoms with van der Waals surface area (Å²) >= 11 is 0. The number of benzene rings is 2. The SMILES string of the molecule is CC1(C)CC(O)C(C)(C)c2cc(Cn3cccn3)c(C=Cc3ccc(C(=O)O)cc3)cc21. The number of hydrogen-bond acceptors (Lipinski definition) is 3. The molecule has 5 nitrogen and oxygen atoms in total. The van der Waals surface area contributed by atoms with Gasteiger partial charge in [0.2, 0.25) is 0 Å². The third-order valence-corrected chi connectivity index (χ3v) is 6.74. The van der Waals surface area contributed by atoms with Crippen LogP contribution in [-0.2, 0) is 17.4 Å². The van der Waals surface area contributed by atoms with Crippen LogP contribution in [0.2, 0.25) is 0 Å². The highest BCUT2D eigenvalue weighted by Gasteiger charge is 2.43. The molecular formula is C27H30N2O3. The van der Waals surface area contributed by atoms with Crippen LogP contribution < -0.4 is 0 Å². The minimum Gasteiger partial charge on any atom is -0.478 e. The zero-order valence-electron chi connectivity index (χ0n) is 19.0. The average Bonchev–Trinajstić information content (AvgIpc) is 3.24. The van der Waals surface area contributed by atoms with Crippen molar-refractivity contribution in [2.75, 3.05) is 0 Å². The van der Waals surface area contributed by atoms with Crippen molar-refractivity contribution >= 4 is 18.1 Å². The fourth-order valence-electron chi connectivity index (χ4n) is 4.57. The summed E-state index contributed by atoms with van der Waals surface area (Å²) in [7, 11) is 0. The lowest BCUT2D eigenvalue weighted by molar-refractivity contribution is 0.0582. The summed E-state index contributed by atoms with van der Waals surface area (Å²) in [6.07, 6.45) is 8.12. The number of aliphatic hydroxyl groups is 1. The fraction of sp³-hybridized carbons (Fsp3) is 0.333. The lowest BCUT2D eigenvalue weighted by Gasteiger charge is -2.45. The average molecular weight is 431 g/mol. The molecule has 32 heavy (non-hydrogen) atoms. The van der Waals surface area contributed by atoms with Crippen molar-refractivity contribution in [2.45, 2.75) is 57.6 Å². The summed E-state index contributed by atoms with van der Waals surface area (Å²) in [5, 5.41) is 24.4. The molecule has 1 atom stereocenters. The van der Waals surface area contributed by atoms with Gasteiger partial charge in [0.05, 0.1) is 18.2 Å². The van der Waals surface area contributed by atoms with E-state index in [1.165, 1.54) is 11.1 Å². The number of rotatable bonds is 5. The number of hydrogen-bond donors (Lipinski definition) is 2. The van der Waals surface area contributed by atoms with E-state index in [2.05, 4.69) is 51.0 Å². The standard InChI is InChI=1S/C27H30N2O3/c1-26(2)16-24(30)27(3,4)23-15-21(17-29-13-5-12-28-29)20(14-22(23)26)11-8-18-6-9-19(10-7-18)25(31)32/h5-15,24,30H,16-17H2,1-4H3,(H,31,32). The van der Waals surface area contributed by atoms with Gasteiger partial charge in [-0.1, -0.05) is 64.1 Å². The molecule has 0 radical (unpaired) electrons. The van der Waals surface area contributed by atoms with Crippen molar-refractivity contribution in [2.24, 2.45) is 0 Å². The van der Waals surface area contributed by atoms with Gasteiger partial charge in [-0.05, 0) is 57.9 Å². The maximum Gasteiger partial charge on any atom is 0.335 e. The van der Waals surface area contributed by atoms with Crippen molar-refractivity contribution < 1.29 is 15.0 Å². The number of carbonyl (C=O) groups is 1. The molecule has 1 heterocycles. The molecule has 2 N–H and O–H groups in total. The van der Waals surface area contributed by atoms with Gasteiger partial charge in [-0.3, -0.25) is 4.68 Å². The minimum absolute atomic E-state index is 0.139. The van der Waals surface area contributed by atoms with Crippen molar-refractivity contribution in [3.05, 3.63) is 88.2 Å². The Morgan fingerprint density at radius 2 is 1.84 bits per heavy atom. The third kappa shape index (κ3) is 4.13. The Morgan fingerprint density at radius 3 is 2.47 bits per heavy atom. The van der Waals surface area contributed by atoms with Gasteiger partial charge >= 0.3 is 5.97 Å². The number of carboxylic acid groups (broad SMARTS) is 1. The molecule has 0 amide bonds. The van der Waals surface area contributed by atoms with Gasteiger partial charge in [0.15, 0.2) is 0 Å². The predicted molar refractivity (Wildman–Crippen MR) is 127 cm³/mol. The van der Waals surface area contributed by atoms with Crippen LogP contribution in [0, 0.1) is 0 Å². The first-order valence-corrected chi connectivity index (χ1v) is 10.9.